The van der Waals surface area contributed by atoms with Crippen molar-refractivity contribution in [3.63, 3.8) is 0 Å². The fourth-order valence-corrected chi connectivity index (χ4v) is 2.32. The molecule has 1 heterocycles. The van der Waals surface area contributed by atoms with Crippen LogP contribution in [0.5, 0.6) is 0 Å². The van der Waals surface area contributed by atoms with Crippen LogP contribution < -0.4 is 0 Å². The lowest BCUT2D eigenvalue weighted by Gasteiger charge is -2.09. The molecule has 0 radical (unpaired) electrons. The van der Waals surface area contributed by atoms with Crippen LogP contribution in [0.25, 0.3) is 0 Å². The molecule has 1 aromatic carbocycles. The van der Waals surface area contributed by atoms with Crippen molar-refractivity contribution in [1.29, 1.82) is 0 Å². The highest BCUT2D eigenvalue weighted by molar-refractivity contribution is 5.86. The predicted octanol–water partition coefficient (Wildman–Crippen LogP) is 2.71. The van der Waals surface area contributed by atoms with Gasteiger partial charge < -0.3 is 9.72 Å². The maximum absolute atomic E-state index is 11.4. The molecule has 0 amide bonds. The van der Waals surface area contributed by atoms with Gasteiger partial charge in [-0.25, -0.2) is 9.78 Å². The molecule has 0 saturated carbocycles. The first-order valence-electron chi connectivity index (χ1n) is 6.20. The minimum atomic E-state index is -0.392. The van der Waals surface area contributed by atoms with Crippen molar-refractivity contribution in [2.75, 3.05) is 7.11 Å². The molecular formula is C15H18N2O2. The van der Waals surface area contributed by atoms with Gasteiger partial charge in [0.2, 0.25) is 0 Å². The van der Waals surface area contributed by atoms with Crippen LogP contribution in [-0.4, -0.2) is 23.0 Å². The summed E-state index contributed by atoms with van der Waals surface area (Å²) in [6.45, 7) is 6.28. The van der Waals surface area contributed by atoms with E-state index in [1.165, 1.54) is 35.6 Å². The van der Waals surface area contributed by atoms with E-state index in [4.69, 9.17) is 0 Å². The molecule has 0 saturated heterocycles. The van der Waals surface area contributed by atoms with Gasteiger partial charge in [0.15, 0.2) is 0 Å². The number of carbonyl (C=O) groups is 1. The average molecular weight is 258 g/mol. The number of hydrogen-bond donors (Lipinski definition) is 1. The van der Waals surface area contributed by atoms with Gasteiger partial charge in [0.1, 0.15) is 11.5 Å². The topological polar surface area (TPSA) is 55.0 Å². The Balaban J connectivity index is 2.27. The number of aromatic amines is 1. The third kappa shape index (κ3) is 2.84. The zero-order valence-corrected chi connectivity index (χ0v) is 11.7. The third-order valence-corrected chi connectivity index (χ3v) is 3.22. The largest absolute Gasteiger partial charge is 0.464 e. The number of methoxy groups -OCH3 is 1. The minimum Gasteiger partial charge on any atom is -0.464 e. The van der Waals surface area contributed by atoms with Crippen molar-refractivity contribution in [1.82, 2.24) is 9.97 Å². The number of imidazole rings is 1. The number of hydrogen-bond acceptors (Lipinski definition) is 3. The molecule has 2 rings (SSSR count). The zero-order chi connectivity index (χ0) is 14.0. The number of nitrogens with zero attached hydrogens (tertiary/aromatic N) is 1. The molecular weight excluding hydrogens is 240 g/mol. The summed E-state index contributed by atoms with van der Waals surface area (Å²) in [4.78, 5) is 18.6. The standard InChI is InChI=1S/C15H18N2O2/c1-9-5-10(2)12(11(3)6-9)7-14-16-8-13(17-14)15(18)19-4/h5-6,8H,7H2,1-4H3,(H,16,17). The summed E-state index contributed by atoms with van der Waals surface area (Å²) < 4.78 is 4.65. The zero-order valence-electron chi connectivity index (χ0n) is 11.7. The molecule has 1 N–H and O–H groups in total. The van der Waals surface area contributed by atoms with Gasteiger partial charge in [0, 0.05) is 6.42 Å². The molecule has 4 nitrogen and oxygen atoms in total. The second-order valence-electron chi connectivity index (χ2n) is 4.79. The Morgan fingerprint density at radius 1 is 1.26 bits per heavy atom. The monoisotopic (exact) mass is 258 g/mol. The molecule has 2 aromatic rings. The van der Waals surface area contributed by atoms with Crippen LogP contribution in [0.2, 0.25) is 0 Å². The molecule has 0 spiro atoms. The Morgan fingerprint density at radius 2 is 1.89 bits per heavy atom. The van der Waals surface area contributed by atoms with E-state index in [0.717, 1.165) is 5.82 Å². The Kier molecular flexibility index (Phi) is 3.69. The van der Waals surface area contributed by atoms with Crippen molar-refractivity contribution in [2.45, 2.75) is 27.2 Å². The number of benzene rings is 1. The van der Waals surface area contributed by atoms with E-state index in [0.29, 0.717) is 12.1 Å². The molecule has 0 atom stereocenters. The van der Waals surface area contributed by atoms with E-state index >= 15 is 0 Å². The van der Waals surface area contributed by atoms with E-state index in [1.54, 1.807) is 0 Å². The fraction of sp³-hybridized carbons (Fsp3) is 0.333. The van der Waals surface area contributed by atoms with Crippen LogP contribution in [0, 0.1) is 20.8 Å². The Hall–Kier alpha value is -2.10. The Labute approximate surface area is 112 Å². The van der Waals surface area contributed by atoms with Crippen LogP contribution in [0.3, 0.4) is 0 Å². The van der Waals surface area contributed by atoms with E-state index in [-0.39, 0.29) is 0 Å². The van der Waals surface area contributed by atoms with E-state index < -0.39 is 5.97 Å². The van der Waals surface area contributed by atoms with Crippen molar-refractivity contribution in [3.8, 4) is 0 Å². The number of nitrogens with one attached hydrogen (secondary N) is 1. The highest BCUT2D eigenvalue weighted by Crippen LogP contribution is 2.19. The number of rotatable bonds is 3. The highest BCUT2D eigenvalue weighted by atomic mass is 16.5. The Bertz CT molecular complexity index is 591. The lowest BCUT2D eigenvalue weighted by Crippen LogP contribution is -2.02. The van der Waals surface area contributed by atoms with Crippen molar-refractivity contribution in [3.05, 3.63) is 52.1 Å². The highest BCUT2D eigenvalue weighted by Gasteiger charge is 2.11. The van der Waals surface area contributed by atoms with Gasteiger partial charge in [-0.05, 0) is 37.5 Å². The molecule has 0 bridgehead atoms. The van der Waals surface area contributed by atoms with Crippen molar-refractivity contribution in [2.24, 2.45) is 0 Å². The van der Waals surface area contributed by atoms with Crippen molar-refractivity contribution >= 4 is 5.97 Å². The molecule has 0 unspecified atom stereocenters. The van der Waals surface area contributed by atoms with Crippen LogP contribution in [0.15, 0.2) is 18.3 Å². The van der Waals surface area contributed by atoms with Gasteiger partial charge in [0.05, 0.1) is 13.3 Å². The number of aromatic nitrogens is 2. The summed E-state index contributed by atoms with van der Waals surface area (Å²) in [5.41, 5.74) is 5.38. The SMILES string of the molecule is COC(=O)c1cnc(Cc2c(C)cc(C)cc2C)[nH]1. The van der Waals surface area contributed by atoms with Gasteiger partial charge in [-0.15, -0.1) is 0 Å². The maximum atomic E-state index is 11.4. The first-order valence-corrected chi connectivity index (χ1v) is 6.20. The minimum absolute atomic E-state index is 0.389. The molecule has 0 aliphatic rings. The van der Waals surface area contributed by atoms with E-state index in [1.807, 2.05) is 0 Å². The summed E-state index contributed by atoms with van der Waals surface area (Å²) >= 11 is 0. The van der Waals surface area contributed by atoms with Gasteiger partial charge >= 0.3 is 5.97 Å². The van der Waals surface area contributed by atoms with Gasteiger partial charge in [-0.2, -0.15) is 0 Å². The molecule has 4 heteroatoms. The summed E-state index contributed by atoms with van der Waals surface area (Å²) in [6, 6.07) is 4.32. The predicted molar refractivity (Wildman–Crippen MR) is 73.4 cm³/mol. The summed E-state index contributed by atoms with van der Waals surface area (Å²) in [6.07, 6.45) is 2.20. The van der Waals surface area contributed by atoms with Gasteiger partial charge in [-0.3, -0.25) is 0 Å². The van der Waals surface area contributed by atoms with Crippen LogP contribution >= 0.6 is 0 Å². The smallest absolute Gasteiger partial charge is 0.356 e. The van der Waals surface area contributed by atoms with Crippen LogP contribution in [0.1, 0.15) is 38.6 Å². The molecule has 0 aliphatic carbocycles. The Morgan fingerprint density at radius 3 is 2.47 bits per heavy atom. The van der Waals surface area contributed by atoms with Crippen LogP contribution in [0.4, 0.5) is 0 Å². The maximum Gasteiger partial charge on any atom is 0.356 e. The first-order chi connectivity index (χ1) is 9.01. The lowest BCUT2D eigenvalue weighted by molar-refractivity contribution is 0.0594. The normalized spacial score (nSPS) is 10.5. The summed E-state index contributed by atoms with van der Waals surface area (Å²) in [5, 5.41) is 0. The lowest BCUT2D eigenvalue weighted by atomic mass is 9.97. The quantitative estimate of drug-likeness (QED) is 0.861. The average Bonchev–Trinajstić information content (AvgIpc) is 2.81. The molecule has 100 valence electrons. The number of aryl methyl sites for hydroxylation is 3. The number of ether oxygens (including phenoxy) is 1. The second kappa shape index (κ2) is 5.26. The third-order valence-electron chi connectivity index (χ3n) is 3.22. The molecule has 19 heavy (non-hydrogen) atoms. The number of carbonyl (C=O) groups excluding carboxylic acids is 1. The molecule has 0 aliphatic heterocycles. The molecule has 1 aromatic heterocycles. The van der Waals surface area contributed by atoms with E-state index in [9.17, 15) is 4.79 Å². The van der Waals surface area contributed by atoms with Crippen molar-refractivity contribution < 1.29 is 9.53 Å². The van der Waals surface area contributed by atoms with Gasteiger partial charge in [0.25, 0.3) is 0 Å². The number of esters is 1. The van der Waals surface area contributed by atoms with Crippen LogP contribution in [-0.2, 0) is 11.2 Å². The summed E-state index contributed by atoms with van der Waals surface area (Å²) in [7, 11) is 1.36. The number of H-pyrrole nitrogens is 1. The molecule has 0 fully saturated rings. The van der Waals surface area contributed by atoms with Gasteiger partial charge in [-0.1, -0.05) is 17.7 Å². The van der Waals surface area contributed by atoms with E-state index in [2.05, 4.69) is 47.6 Å². The second-order valence-corrected chi connectivity index (χ2v) is 4.79. The summed E-state index contributed by atoms with van der Waals surface area (Å²) in [5.74, 6) is 0.381. The fourth-order valence-electron chi connectivity index (χ4n) is 2.32. The first kappa shape index (κ1) is 13.3.